The van der Waals surface area contributed by atoms with Crippen molar-refractivity contribution in [3.63, 3.8) is 0 Å². The average Bonchev–Trinajstić information content (AvgIpc) is 3.38. The summed E-state index contributed by atoms with van der Waals surface area (Å²) < 4.78 is 0. The van der Waals surface area contributed by atoms with E-state index in [1.54, 1.807) is 35.9 Å². The van der Waals surface area contributed by atoms with Crippen LogP contribution < -0.4 is 29.6 Å². The zero-order valence-corrected chi connectivity index (χ0v) is 21.4. The van der Waals surface area contributed by atoms with Gasteiger partial charge in [-0.3, -0.25) is 4.79 Å². The van der Waals surface area contributed by atoms with Crippen LogP contribution in [0.25, 0.3) is 22.5 Å². The number of carbonyl (C=O) groups excluding carboxylic acids is 1. The van der Waals surface area contributed by atoms with Crippen molar-refractivity contribution < 1.29 is 35.8 Å². The van der Waals surface area contributed by atoms with Crippen LogP contribution in [0.3, 0.4) is 0 Å². The van der Waals surface area contributed by atoms with Gasteiger partial charge in [-0.2, -0.15) is 0 Å². The van der Waals surface area contributed by atoms with Crippen LogP contribution in [0.2, 0.25) is 10.6 Å². The van der Waals surface area contributed by atoms with Crippen molar-refractivity contribution in [2.45, 2.75) is 13.3 Å². The Balaban J connectivity index is 0.000000529. The van der Waals surface area contributed by atoms with Crippen LogP contribution in [0.15, 0.2) is 47.4 Å². The third kappa shape index (κ3) is 7.53. The van der Waals surface area contributed by atoms with Crippen LogP contribution in [0, 0.1) is 0 Å². The molecule has 3 radical (unpaired) electrons. The van der Waals surface area contributed by atoms with E-state index >= 15 is 0 Å². The van der Waals surface area contributed by atoms with Gasteiger partial charge in [-0.15, -0.1) is 22.7 Å². The molecule has 147 valence electrons. The number of aryl methyl sites for hydroxylation is 1. The second-order valence-corrected chi connectivity index (χ2v) is 8.05. The standard InChI is InChI=1S/C10H9ClN2S.C9H5ClN2OS.B.Na.H/c1-2-8-5-7(6-14-8)9-3-4-12-10(11)13-9;10-9-11-2-1-8(12-9)6-3-7(4-13)14-5-6;;;/h3-6H,2H2,1H3;1-5H;;;/q;;;+1;-1. The quantitative estimate of drug-likeness (QED) is 0.253. The van der Waals surface area contributed by atoms with Crippen molar-refractivity contribution in [3.05, 3.63) is 67.7 Å². The molecule has 0 aliphatic carbocycles. The van der Waals surface area contributed by atoms with Crippen molar-refractivity contribution >= 4 is 60.6 Å². The van der Waals surface area contributed by atoms with Gasteiger partial charge < -0.3 is 1.43 Å². The van der Waals surface area contributed by atoms with Crippen LogP contribution in [-0.4, -0.2) is 34.6 Å². The first kappa shape index (κ1) is 26.9. The van der Waals surface area contributed by atoms with Crippen LogP contribution in [0.5, 0.6) is 0 Å². The van der Waals surface area contributed by atoms with Gasteiger partial charge in [0.15, 0.2) is 6.29 Å². The Morgan fingerprint density at radius 3 is 1.93 bits per heavy atom. The van der Waals surface area contributed by atoms with E-state index in [1.165, 1.54) is 16.2 Å². The van der Waals surface area contributed by atoms with Gasteiger partial charge in [-0.1, -0.05) is 6.92 Å². The SMILES string of the molecule is CCc1cc(-c2ccnc(Cl)n2)cs1.O=Cc1cc(-c2ccnc(Cl)n2)cs1.[B].[H-].[Na+]. The Morgan fingerprint density at radius 1 is 0.967 bits per heavy atom. The second-order valence-electron chi connectivity index (χ2n) is 5.43. The van der Waals surface area contributed by atoms with Gasteiger partial charge in [-0.25, -0.2) is 19.9 Å². The molecule has 0 spiro atoms. The number of hydrogen-bond acceptors (Lipinski definition) is 7. The number of rotatable bonds is 4. The van der Waals surface area contributed by atoms with E-state index < -0.39 is 0 Å². The molecule has 0 unspecified atom stereocenters. The van der Waals surface area contributed by atoms with Crippen molar-refractivity contribution in [1.82, 2.24) is 19.9 Å². The van der Waals surface area contributed by atoms with Gasteiger partial charge in [-0.05, 0) is 53.9 Å². The molecule has 0 saturated carbocycles. The number of hydrogen-bond donors (Lipinski definition) is 0. The molecule has 0 saturated heterocycles. The van der Waals surface area contributed by atoms with Crippen molar-refractivity contribution in [1.29, 1.82) is 0 Å². The maximum atomic E-state index is 10.5. The Morgan fingerprint density at radius 2 is 1.50 bits per heavy atom. The van der Waals surface area contributed by atoms with Crippen LogP contribution >= 0.6 is 45.9 Å². The van der Waals surface area contributed by atoms with E-state index in [4.69, 9.17) is 23.2 Å². The monoisotopic (exact) mass is 483 g/mol. The first-order valence-corrected chi connectivity index (χ1v) is 10.7. The summed E-state index contributed by atoms with van der Waals surface area (Å²) >= 11 is 14.5. The molecule has 11 heteroatoms. The normalized spacial score (nSPS) is 9.57. The fraction of sp³-hybridized carbons (Fsp3) is 0.105. The molecular formula is C19H15BCl2N4NaOS2. The molecule has 0 aromatic carbocycles. The zero-order valence-electron chi connectivity index (χ0n) is 17.3. The fourth-order valence-corrected chi connectivity index (χ4v) is 4.07. The second kappa shape index (κ2) is 13.3. The van der Waals surface area contributed by atoms with Crippen molar-refractivity contribution in [2.75, 3.05) is 0 Å². The molecular weight excluding hydrogens is 469 g/mol. The molecule has 0 bridgehead atoms. The third-order valence-electron chi connectivity index (χ3n) is 3.58. The van der Waals surface area contributed by atoms with E-state index in [9.17, 15) is 4.79 Å². The molecule has 0 aliphatic rings. The van der Waals surface area contributed by atoms with E-state index in [1.807, 2.05) is 11.4 Å². The Kier molecular flexibility index (Phi) is 11.9. The molecule has 0 atom stereocenters. The molecule has 0 N–H and O–H groups in total. The van der Waals surface area contributed by atoms with E-state index in [0.717, 1.165) is 35.2 Å². The number of carbonyl (C=O) groups is 1. The van der Waals surface area contributed by atoms with E-state index in [0.29, 0.717) is 10.2 Å². The topological polar surface area (TPSA) is 68.6 Å². The minimum Gasteiger partial charge on any atom is -1.00 e. The first-order chi connectivity index (χ1) is 13.6. The minimum absolute atomic E-state index is 0. The number of thiophene rings is 2. The minimum atomic E-state index is 0. The molecule has 4 aromatic heterocycles. The number of aromatic nitrogens is 4. The van der Waals surface area contributed by atoms with Gasteiger partial charge in [0, 0.05) is 47.6 Å². The molecule has 30 heavy (non-hydrogen) atoms. The van der Waals surface area contributed by atoms with Gasteiger partial charge >= 0.3 is 29.6 Å². The van der Waals surface area contributed by atoms with Gasteiger partial charge in [0.2, 0.25) is 10.6 Å². The molecule has 0 amide bonds. The summed E-state index contributed by atoms with van der Waals surface area (Å²) in [7, 11) is 0. The van der Waals surface area contributed by atoms with Crippen LogP contribution in [0.4, 0.5) is 0 Å². The molecule has 4 aromatic rings. The molecule has 5 nitrogen and oxygen atoms in total. The van der Waals surface area contributed by atoms with E-state index in [2.05, 4.69) is 38.3 Å². The summed E-state index contributed by atoms with van der Waals surface area (Å²) in [6.45, 7) is 2.14. The molecule has 0 aliphatic heterocycles. The maximum Gasteiger partial charge on any atom is 1.00 e. The largest absolute Gasteiger partial charge is 1.00 e. The summed E-state index contributed by atoms with van der Waals surface area (Å²) in [4.78, 5) is 28.3. The first-order valence-electron chi connectivity index (χ1n) is 8.18. The summed E-state index contributed by atoms with van der Waals surface area (Å²) in [6.07, 6.45) is 5.14. The van der Waals surface area contributed by atoms with Gasteiger partial charge in [0.25, 0.3) is 0 Å². The predicted octanol–water partition coefficient (Wildman–Crippen LogP) is 2.83. The number of nitrogens with zero attached hydrogens (tertiary/aromatic N) is 4. The summed E-state index contributed by atoms with van der Waals surface area (Å²) in [6, 6.07) is 7.54. The van der Waals surface area contributed by atoms with Crippen LogP contribution in [-0.2, 0) is 6.42 Å². The molecule has 4 heterocycles. The van der Waals surface area contributed by atoms with Crippen molar-refractivity contribution in [3.8, 4) is 22.5 Å². The average molecular weight is 484 g/mol. The summed E-state index contributed by atoms with van der Waals surface area (Å²) in [5, 5.41) is 4.47. The Labute approximate surface area is 218 Å². The maximum absolute atomic E-state index is 10.5. The number of halogens is 2. The summed E-state index contributed by atoms with van der Waals surface area (Å²) in [5.74, 6) is 0. The fourth-order valence-electron chi connectivity index (χ4n) is 2.24. The van der Waals surface area contributed by atoms with E-state index in [-0.39, 0.29) is 44.7 Å². The Bertz CT molecular complexity index is 1100. The third-order valence-corrected chi connectivity index (χ3v) is 5.89. The van der Waals surface area contributed by atoms with Crippen molar-refractivity contribution in [2.24, 2.45) is 0 Å². The van der Waals surface area contributed by atoms with Gasteiger partial charge in [0.1, 0.15) is 0 Å². The summed E-state index contributed by atoms with van der Waals surface area (Å²) in [5.41, 5.74) is 3.63. The smallest absolute Gasteiger partial charge is 1.00 e. The molecule has 0 fully saturated rings. The number of aldehydes is 1. The molecule has 4 rings (SSSR count). The Hall–Kier alpha value is -1.13. The zero-order chi connectivity index (χ0) is 19.9. The van der Waals surface area contributed by atoms with Gasteiger partial charge in [0.05, 0.1) is 16.3 Å². The predicted molar refractivity (Wildman–Crippen MR) is 122 cm³/mol. The van der Waals surface area contributed by atoms with Crippen LogP contribution in [0.1, 0.15) is 22.9 Å².